The monoisotopic (exact) mass is 870 g/mol. The Labute approximate surface area is 371 Å². The zero-order chi connectivity index (χ0) is 43.6. The molecule has 0 spiro atoms. The highest BCUT2D eigenvalue weighted by Crippen LogP contribution is 2.34. The molecule has 2 amide bonds. The van der Waals surface area contributed by atoms with Crippen LogP contribution in [0.25, 0.3) is 21.8 Å². The minimum atomic E-state index is -0.299. The van der Waals surface area contributed by atoms with Crippen LogP contribution >= 0.6 is 11.6 Å². The van der Waals surface area contributed by atoms with Gasteiger partial charge in [0.05, 0.1) is 22.4 Å². The van der Waals surface area contributed by atoms with E-state index in [1.165, 1.54) is 22.7 Å². The number of ether oxygens (including phenoxy) is 2. The van der Waals surface area contributed by atoms with Gasteiger partial charge >= 0.3 is 0 Å². The van der Waals surface area contributed by atoms with Crippen LogP contribution in [0.15, 0.2) is 84.9 Å². The number of aromatic nitrogens is 2. The summed E-state index contributed by atoms with van der Waals surface area (Å²) in [6.45, 7) is 14.6. The molecule has 0 radical (unpaired) electrons. The first-order valence-electron chi connectivity index (χ1n) is 21.7. The molecule has 0 saturated carbocycles. The molecule has 6 aromatic rings. The van der Waals surface area contributed by atoms with E-state index in [9.17, 15) is 14.0 Å². The van der Waals surface area contributed by atoms with Crippen LogP contribution in [-0.4, -0.2) is 110 Å². The van der Waals surface area contributed by atoms with Crippen molar-refractivity contribution in [3.63, 3.8) is 0 Å². The molecule has 6 heterocycles. The van der Waals surface area contributed by atoms with E-state index in [1.807, 2.05) is 44.2 Å². The van der Waals surface area contributed by atoms with Crippen molar-refractivity contribution in [3.05, 3.63) is 118 Å². The Morgan fingerprint density at radius 3 is 2.13 bits per heavy atom. The fourth-order valence-electron chi connectivity index (χ4n) is 9.00. The Morgan fingerprint density at radius 2 is 1.38 bits per heavy atom. The van der Waals surface area contributed by atoms with E-state index in [0.717, 1.165) is 110 Å². The third kappa shape index (κ3) is 9.65. The number of pyridine rings is 2. The summed E-state index contributed by atoms with van der Waals surface area (Å²) in [4.78, 5) is 42.2. The summed E-state index contributed by atoms with van der Waals surface area (Å²) in [6.07, 6.45) is 1.52. The average molecular weight is 871 g/mol. The minimum Gasteiger partial charge on any atom is -0.482 e. The van der Waals surface area contributed by atoms with Crippen molar-refractivity contribution < 1.29 is 23.5 Å². The quantitative estimate of drug-likeness (QED) is 0.158. The lowest BCUT2D eigenvalue weighted by molar-refractivity contribution is -0.119. The molecule has 14 heteroatoms. The maximum absolute atomic E-state index is 14.5. The van der Waals surface area contributed by atoms with E-state index in [-0.39, 0.29) is 30.8 Å². The van der Waals surface area contributed by atoms with Crippen LogP contribution in [0.1, 0.15) is 29.4 Å². The molecule has 2 saturated heterocycles. The number of anilines is 4. The lowest BCUT2D eigenvalue weighted by atomic mass is 10.1. The molecule has 2 aromatic heterocycles. The molecule has 4 aromatic carbocycles. The molecule has 63 heavy (non-hydrogen) atoms. The highest BCUT2D eigenvalue weighted by molar-refractivity contribution is 6.31. The van der Waals surface area contributed by atoms with Crippen LogP contribution in [0.4, 0.5) is 27.1 Å². The van der Waals surface area contributed by atoms with Gasteiger partial charge in [0.1, 0.15) is 17.3 Å². The van der Waals surface area contributed by atoms with Crippen LogP contribution in [0.2, 0.25) is 5.02 Å². The molecular formula is C49H52ClFN8O4. The van der Waals surface area contributed by atoms with Crippen molar-refractivity contribution in [1.82, 2.24) is 19.8 Å². The minimum absolute atomic E-state index is 0.0757. The van der Waals surface area contributed by atoms with Crippen molar-refractivity contribution in [2.45, 2.75) is 39.7 Å². The number of carbonyl (C=O) groups is 2. The number of carbonyl (C=O) groups excluding carboxylic acids is 2. The third-order valence-electron chi connectivity index (χ3n) is 12.4. The first-order valence-corrected chi connectivity index (χ1v) is 22.1. The van der Waals surface area contributed by atoms with Gasteiger partial charge in [-0.05, 0) is 111 Å². The van der Waals surface area contributed by atoms with Gasteiger partial charge in [0, 0.05) is 110 Å². The van der Waals surface area contributed by atoms with Gasteiger partial charge in [0.2, 0.25) is 0 Å². The Hall–Kier alpha value is -6.02. The molecule has 1 atom stereocenters. The van der Waals surface area contributed by atoms with E-state index in [4.69, 9.17) is 26.1 Å². The molecule has 0 aliphatic carbocycles. The largest absolute Gasteiger partial charge is 0.482 e. The van der Waals surface area contributed by atoms with Crippen molar-refractivity contribution in [2.75, 3.05) is 92.5 Å². The Balaban J connectivity index is 0.000000160. The molecule has 4 aliphatic heterocycles. The SMILES string of the molecule is Cc1ccc2c(N3CCN(CCc4cc5c(cc4F)OCC(=O)N5)CC3)cc(Cl)cc2n1.Cc1ccc2c(N3CCN(CCc4ccc5c(c4)NC(=O)CO5)[C@@H](C)C3)cccc2n1. The van der Waals surface area contributed by atoms with Gasteiger partial charge < -0.3 is 29.9 Å². The zero-order valence-electron chi connectivity index (χ0n) is 35.9. The second-order valence-electron chi connectivity index (χ2n) is 16.8. The van der Waals surface area contributed by atoms with Gasteiger partial charge in [0.25, 0.3) is 11.8 Å². The van der Waals surface area contributed by atoms with Gasteiger partial charge in [-0.1, -0.05) is 23.7 Å². The summed E-state index contributed by atoms with van der Waals surface area (Å²) in [5.74, 6) is 0.535. The summed E-state index contributed by atoms with van der Waals surface area (Å²) in [7, 11) is 0. The maximum atomic E-state index is 14.5. The highest BCUT2D eigenvalue weighted by atomic mass is 35.5. The number of aryl methyl sites for hydroxylation is 2. The van der Waals surface area contributed by atoms with Gasteiger partial charge in [-0.3, -0.25) is 29.4 Å². The predicted octanol–water partition coefficient (Wildman–Crippen LogP) is 7.66. The predicted molar refractivity (Wildman–Crippen MR) is 248 cm³/mol. The van der Waals surface area contributed by atoms with E-state index in [2.05, 4.69) is 84.6 Å². The van der Waals surface area contributed by atoms with Gasteiger partial charge in [-0.25, -0.2) is 4.39 Å². The maximum Gasteiger partial charge on any atom is 0.262 e. The topological polar surface area (TPSA) is 115 Å². The molecule has 0 unspecified atom stereocenters. The molecule has 2 N–H and O–H groups in total. The molecular weight excluding hydrogens is 819 g/mol. The smallest absolute Gasteiger partial charge is 0.262 e. The Bertz CT molecular complexity index is 2690. The normalized spacial score (nSPS) is 17.8. The van der Waals surface area contributed by atoms with Crippen molar-refractivity contribution in [1.29, 1.82) is 0 Å². The van der Waals surface area contributed by atoms with Gasteiger partial charge in [-0.2, -0.15) is 0 Å². The van der Waals surface area contributed by atoms with E-state index in [0.29, 0.717) is 34.5 Å². The number of rotatable bonds is 8. The fourth-order valence-corrected chi connectivity index (χ4v) is 9.20. The third-order valence-corrected chi connectivity index (χ3v) is 12.6. The Kier molecular flexibility index (Phi) is 12.3. The van der Waals surface area contributed by atoms with Crippen molar-refractivity contribution >= 4 is 68.0 Å². The lowest BCUT2D eigenvalue weighted by Gasteiger charge is -2.41. The number of nitrogens with zero attached hydrogens (tertiary/aromatic N) is 6. The number of fused-ring (bicyclic) bond motifs is 4. The van der Waals surface area contributed by atoms with E-state index in [1.54, 1.807) is 6.07 Å². The number of hydrogen-bond acceptors (Lipinski definition) is 10. The van der Waals surface area contributed by atoms with Crippen LogP contribution < -0.4 is 29.9 Å². The van der Waals surface area contributed by atoms with Gasteiger partial charge in [0.15, 0.2) is 13.2 Å². The van der Waals surface area contributed by atoms with Crippen LogP contribution in [0.3, 0.4) is 0 Å². The number of hydrogen-bond donors (Lipinski definition) is 2. The van der Waals surface area contributed by atoms with Crippen molar-refractivity contribution in [3.8, 4) is 11.5 Å². The summed E-state index contributed by atoms with van der Waals surface area (Å²) in [5.41, 5.74) is 9.51. The molecule has 326 valence electrons. The number of halogens is 2. The first kappa shape index (κ1) is 42.3. The summed E-state index contributed by atoms with van der Waals surface area (Å²) < 4.78 is 25.2. The Morgan fingerprint density at radius 1 is 0.698 bits per heavy atom. The van der Waals surface area contributed by atoms with Crippen LogP contribution in [0, 0.1) is 19.7 Å². The summed E-state index contributed by atoms with van der Waals surface area (Å²) >= 11 is 6.37. The molecule has 10 rings (SSSR count). The lowest BCUT2D eigenvalue weighted by Crippen LogP contribution is -2.52. The van der Waals surface area contributed by atoms with Crippen LogP contribution in [-0.2, 0) is 22.4 Å². The number of amides is 2. The average Bonchev–Trinajstić information content (AvgIpc) is 3.27. The molecule has 4 aliphatic rings. The zero-order valence-corrected chi connectivity index (χ0v) is 36.7. The van der Waals surface area contributed by atoms with E-state index >= 15 is 0 Å². The molecule has 12 nitrogen and oxygen atoms in total. The second-order valence-corrected chi connectivity index (χ2v) is 17.3. The standard InChI is InChI=1S/C25H28N4O2.C24H24ClFN4O2/c1-17-6-8-20-21(26-17)4-3-5-23(20)29-13-12-28(18(2)15-29)11-10-19-7-9-24-22(14-19)27-25(30)16-31-24;1-15-2-3-18-20(27-15)11-17(25)12-22(18)30-8-6-29(7-9-30)5-4-16-10-21-23(13-19(16)26)32-14-24(31)28-21/h3-9,14,18H,10-13,15-16H2,1-2H3,(H,27,30);2-3,10-13H,4-9,14H2,1H3,(H,28,31)/t18-;/m0./s1. The number of piperazine rings is 2. The molecule has 2 fully saturated rings. The van der Waals surface area contributed by atoms with Crippen molar-refractivity contribution in [2.24, 2.45) is 0 Å². The second kappa shape index (κ2) is 18.4. The molecule has 0 bridgehead atoms. The summed E-state index contributed by atoms with van der Waals surface area (Å²) in [5, 5.41) is 8.67. The fraction of sp³-hybridized carbons (Fsp3) is 0.347. The highest BCUT2D eigenvalue weighted by Gasteiger charge is 2.26. The van der Waals surface area contributed by atoms with Gasteiger partial charge in [-0.15, -0.1) is 0 Å². The van der Waals surface area contributed by atoms with Crippen LogP contribution in [0.5, 0.6) is 11.5 Å². The number of nitrogens with one attached hydrogen (secondary N) is 2. The van der Waals surface area contributed by atoms with E-state index < -0.39 is 0 Å². The first-order chi connectivity index (χ1) is 30.5. The number of benzene rings is 4. The summed E-state index contributed by atoms with van der Waals surface area (Å²) in [6, 6.07) is 28.4.